The Morgan fingerprint density at radius 2 is 1.77 bits per heavy atom. The summed E-state index contributed by atoms with van der Waals surface area (Å²) in [5.74, 6) is -0.327. The molecule has 2 atom stereocenters. The number of rotatable bonds is 9. The molecule has 0 aromatic heterocycles. The number of hydrogen-bond acceptors (Lipinski definition) is 5. The lowest BCUT2D eigenvalue weighted by atomic mass is 10.1. The Morgan fingerprint density at radius 1 is 1.10 bits per heavy atom. The molecular weight excluding hydrogens is 398 g/mol. The van der Waals surface area contributed by atoms with Gasteiger partial charge in [0, 0.05) is 32.6 Å². The van der Waals surface area contributed by atoms with Crippen LogP contribution in [0.15, 0.2) is 54.6 Å². The van der Waals surface area contributed by atoms with Gasteiger partial charge in [-0.1, -0.05) is 30.3 Å². The van der Waals surface area contributed by atoms with Crippen LogP contribution < -0.4 is 15.4 Å². The monoisotopic (exact) mass is 425 g/mol. The first-order chi connectivity index (χ1) is 14.9. The average Bonchev–Trinajstić information content (AvgIpc) is 3.13. The number of aromatic hydroxyl groups is 1. The van der Waals surface area contributed by atoms with E-state index in [1.54, 1.807) is 24.0 Å². The molecule has 1 fully saturated rings. The summed E-state index contributed by atoms with van der Waals surface area (Å²) in [6.45, 7) is 3.02. The number of carbonyl (C=O) groups excluding carboxylic acids is 3. The van der Waals surface area contributed by atoms with Crippen LogP contribution in [0.4, 0.5) is 0 Å². The van der Waals surface area contributed by atoms with Gasteiger partial charge in [0.2, 0.25) is 11.8 Å². The molecule has 1 heterocycles. The fraction of sp³-hybridized carbons (Fsp3) is 0.348. The maximum atomic E-state index is 12.4. The van der Waals surface area contributed by atoms with E-state index in [0.717, 1.165) is 5.56 Å². The number of carbonyl (C=O) groups is 3. The Kier molecular flexibility index (Phi) is 7.48. The molecule has 3 N–H and O–H groups in total. The highest BCUT2D eigenvalue weighted by Gasteiger charge is 2.34. The summed E-state index contributed by atoms with van der Waals surface area (Å²) in [6, 6.07) is 15.8. The fourth-order valence-electron chi connectivity index (χ4n) is 3.35. The first-order valence-corrected chi connectivity index (χ1v) is 10.2. The molecule has 0 bridgehead atoms. The van der Waals surface area contributed by atoms with Crippen LogP contribution in [0.25, 0.3) is 0 Å². The minimum atomic E-state index is -0.723. The van der Waals surface area contributed by atoms with Crippen molar-refractivity contribution in [3.63, 3.8) is 0 Å². The van der Waals surface area contributed by atoms with Gasteiger partial charge in [0.25, 0.3) is 5.91 Å². The SMILES string of the molecule is CC(Oc1ccc(O)cc1)C(=O)NCCNC(=O)C1CC(=O)N(Cc2ccccc2)C1. The predicted octanol–water partition coefficient (Wildman–Crippen LogP) is 1.44. The lowest BCUT2D eigenvalue weighted by molar-refractivity contribution is -0.129. The van der Waals surface area contributed by atoms with Crippen molar-refractivity contribution in [3.8, 4) is 11.5 Å². The van der Waals surface area contributed by atoms with Gasteiger partial charge in [-0.05, 0) is 36.8 Å². The average molecular weight is 425 g/mol. The third-order valence-corrected chi connectivity index (χ3v) is 5.04. The van der Waals surface area contributed by atoms with Crippen LogP contribution in [-0.2, 0) is 20.9 Å². The summed E-state index contributed by atoms with van der Waals surface area (Å²) in [5, 5.41) is 14.8. The van der Waals surface area contributed by atoms with Gasteiger partial charge in [0.1, 0.15) is 11.5 Å². The van der Waals surface area contributed by atoms with Crippen LogP contribution in [0.2, 0.25) is 0 Å². The highest BCUT2D eigenvalue weighted by Crippen LogP contribution is 2.20. The van der Waals surface area contributed by atoms with E-state index >= 15 is 0 Å². The second-order valence-electron chi connectivity index (χ2n) is 7.50. The maximum absolute atomic E-state index is 12.4. The van der Waals surface area contributed by atoms with Gasteiger partial charge in [0.15, 0.2) is 6.10 Å². The molecule has 0 radical (unpaired) electrons. The summed E-state index contributed by atoms with van der Waals surface area (Å²) < 4.78 is 5.51. The number of amides is 3. The first kappa shape index (κ1) is 22.1. The predicted molar refractivity (Wildman–Crippen MR) is 114 cm³/mol. The van der Waals surface area contributed by atoms with E-state index in [1.807, 2.05) is 30.3 Å². The number of likely N-dealkylation sites (tertiary alicyclic amines) is 1. The van der Waals surface area contributed by atoms with Crippen LogP contribution in [0, 0.1) is 5.92 Å². The van der Waals surface area contributed by atoms with Crippen molar-refractivity contribution in [3.05, 3.63) is 60.2 Å². The summed E-state index contributed by atoms with van der Waals surface area (Å²) in [4.78, 5) is 38.4. The normalized spacial score (nSPS) is 16.6. The van der Waals surface area contributed by atoms with E-state index in [2.05, 4.69) is 10.6 Å². The van der Waals surface area contributed by atoms with Crippen LogP contribution in [-0.4, -0.2) is 53.5 Å². The molecule has 0 aliphatic carbocycles. The van der Waals surface area contributed by atoms with Crippen molar-refractivity contribution in [2.24, 2.45) is 5.92 Å². The number of ether oxygens (including phenoxy) is 1. The zero-order valence-electron chi connectivity index (χ0n) is 17.4. The smallest absolute Gasteiger partial charge is 0.260 e. The zero-order chi connectivity index (χ0) is 22.2. The number of benzene rings is 2. The summed E-state index contributed by atoms with van der Waals surface area (Å²) in [5.41, 5.74) is 1.03. The van der Waals surface area contributed by atoms with E-state index in [0.29, 0.717) is 18.8 Å². The third kappa shape index (κ3) is 6.47. The van der Waals surface area contributed by atoms with Gasteiger partial charge in [-0.15, -0.1) is 0 Å². The van der Waals surface area contributed by atoms with Crippen molar-refractivity contribution in [1.82, 2.24) is 15.5 Å². The molecule has 8 nitrogen and oxygen atoms in total. The second-order valence-corrected chi connectivity index (χ2v) is 7.50. The van der Waals surface area contributed by atoms with Crippen molar-refractivity contribution in [1.29, 1.82) is 0 Å². The van der Waals surface area contributed by atoms with E-state index in [-0.39, 0.29) is 48.9 Å². The Labute approximate surface area is 181 Å². The Hall–Kier alpha value is -3.55. The Bertz CT molecular complexity index is 901. The number of nitrogens with zero attached hydrogens (tertiary/aromatic N) is 1. The van der Waals surface area contributed by atoms with Gasteiger partial charge >= 0.3 is 0 Å². The van der Waals surface area contributed by atoms with Gasteiger partial charge in [-0.2, -0.15) is 0 Å². The molecule has 0 spiro atoms. The molecule has 3 rings (SSSR count). The lowest BCUT2D eigenvalue weighted by Crippen LogP contribution is -2.42. The molecule has 2 aromatic rings. The molecule has 0 saturated carbocycles. The minimum Gasteiger partial charge on any atom is -0.508 e. The fourth-order valence-corrected chi connectivity index (χ4v) is 3.35. The van der Waals surface area contributed by atoms with Gasteiger partial charge in [-0.3, -0.25) is 14.4 Å². The van der Waals surface area contributed by atoms with Gasteiger partial charge < -0.3 is 25.4 Å². The zero-order valence-corrected chi connectivity index (χ0v) is 17.4. The number of hydrogen-bond donors (Lipinski definition) is 3. The summed E-state index contributed by atoms with van der Waals surface area (Å²) >= 11 is 0. The molecule has 2 unspecified atom stereocenters. The summed E-state index contributed by atoms with van der Waals surface area (Å²) in [6.07, 6.45) is -0.526. The molecule has 31 heavy (non-hydrogen) atoms. The van der Waals surface area contributed by atoms with Crippen LogP contribution in [0.1, 0.15) is 18.9 Å². The Morgan fingerprint density at radius 3 is 2.48 bits per heavy atom. The third-order valence-electron chi connectivity index (χ3n) is 5.04. The second kappa shape index (κ2) is 10.5. The number of phenols is 1. The van der Waals surface area contributed by atoms with E-state index in [4.69, 9.17) is 4.74 Å². The van der Waals surface area contributed by atoms with Crippen LogP contribution in [0.3, 0.4) is 0 Å². The van der Waals surface area contributed by atoms with Crippen molar-refractivity contribution in [2.75, 3.05) is 19.6 Å². The standard InChI is InChI=1S/C23H27N3O5/c1-16(31-20-9-7-19(27)8-10-20)22(29)24-11-12-25-23(30)18-13-21(28)26(15-18)14-17-5-3-2-4-6-17/h2-10,16,18,27H,11-15H2,1H3,(H,24,29)(H,25,30). The lowest BCUT2D eigenvalue weighted by Gasteiger charge is -2.17. The maximum Gasteiger partial charge on any atom is 0.260 e. The van der Waals surface area contributed by atoms with Crippen molar-refractivity contribution in [2.45, 2.75) is 26.0 Å². The van der Waals surface area contributed by atoms with E-state index < -0.39 is 6.10 Å². The van der Waals surface area contributed by atoms with Crippen LogP contribution >= 0.6 is 0 Å². The topological polar surface area (TPSA) is 108 Å². The molecule has 8 heteroatoms. The molecule has 164 valence electrons. The molecule has 1 saturated heterocycles. The molecule has 3 amide bonds. The van der Waals surface area contributed by atoms with Crippen LogP contribution in [0.5, 0.6) is 11.5 Å². The van der Waals surface area contributed by atoms with Crippen molar-refractivity contribution < 1.29 is 24.2 Å². The minimum absolute atomic E-state index is 0.0301. The number of nitrogens with one attached hydrogen (secondary N) is 2. The highest BCUT2D eigenvalue weighted by molar-refractivity contribution is 5.89. The van der Waals surface area contributed by atoms with Gasteiger partial charge in [-0.25, -0.2) is 0 Å². The Balaban J connectivity index is 1.35. The first-order valence-electron chi connectivity index (χ1n) is 10.2. The van der Waals surface area contributed by atoms with E-state index in [1.165, 1.54) is 12.1 Å². The highest BCUT2D eigenvalue weighted by atomic mass is 16.5. The molecule has 1 aliphatic heterocycles. The molecule has 1 aliphatic rings. The van der Waals surface area contributed by atoms with Gasteiger partial charge in [0.05, 0.1) is 5.92 Å². The number of phenolic OH excluding ortho intramolecular Hbond substituents is 1. The van der Waals surface area contributed by atoms with Crippen molar-refractivity contribution >= 4 is 17.7 Å². The summed E-state index contributed by atoms with van der Waals surface area (Å²) in [7, 11) is 0. The largest absolute Gasteiger partial charge is 0.508 e. The molecule has 2 aromatic carbocycles. The van der Waals surface area contributed by atoms with E-state index in [9.17, 15) is 19.5 Å². The quantitative estimate of drug-likeness (QED) is 0.527. The molecular formula is C23H27N3O5.